The van der Waals surface area contributed by atoms with Crippen molar-refractivity contribution in [2.24, 2.45) is 0 Å². The van der Waals surface area contributed by atoms with Crippen LogP contribution in [-0.4, -0.2) is 28.0 Å². The molecule has 1 aliphatic rings. The van der Waals surface area contributed by atoms with Crippen molar-refractivity contribution in [3.8, 4) is 0 Å². The highest BCUT2D eigenvalue weighted by Gasteiger charge is 2.26. The molecule has 4 heteroatoms. The van der Waals surface area contributed by atoms with Crippen LogP contribution >= 0.6 is 11.6 Å². The number of nitrogens with zero attached hydrogens (tertiary/aromatic N) is 2. The molecule has 2 aromatic carbocycles. The van der Waals surface area contributed by atoms with E-state index in [2.05, 4.69) is 52.9 Å². The largest absolute Gasteiger partial charge is 0.343 e. The maximum Gasteiger partial charge on any atom is 0.227 e. The number of carbonyl (C=O) groups is 1. The lowest BCUT2D eigenvalue weighted by molar-refractivity contribution is -0.134. The summed E-state index contributed by atoms with van der Waals surface area (Å²) in [5.74, 6) is 0.261. The van der Waals surface area contributed by atoms with Gasteiger partial charge >= 0.3 is 0 Å². The Balaban J connectivity index is 1.61. The molecule has 1 saturated heterocycles. The maximum absolute atomic E-state index is 13.1. The first-order chi connectivity index (χ1) is 13.7. The predicted octanol–water partition coefficient (Wildman–Crippen LogP) is 5.68. The quantitative estimate of drug-likeness (QED) is 0.546. The van der Waals surface area contributed by atoms with Crippen LogP contribution in [0.4, 0.5) is 0 Å². The average molecular weight is 395 g/mol. The number of fused-ring (bicyclic) bond motifs is 1. The molecule has 0 radical (unpaired) electrons. The number of piperidine rings is 1. The Labute approximate surface area is 171 Å². The smallest absolute Gasteiger partial charge is 0.227 e. The van der Waals surface area contributed by atoms with Crippen LogP contribution in [0.5, 0.6) is 0 Å². The molecular formula is C24H27ClN2O. The van der Waals surface area contributed by atoms with Gasteiger partial charge in [0, 0.05) is 41.3 Å². The molecule has 0 spiro atoms. The number of amides is 1. The zero-order chi connectivity index (χ0) is 19.5. The Morgan fingerprint density at radius 3 is 2.82 bits per heavy atom. The SMILES string of the molecule is CC[C@H]1CCCCN1C(=O)Cc1cn(Cc2cccc(Cl)c2)c2ccccc12. The molecule has 1 aliphatic heterocycles. The van der Waals surface area contributed by atoms with Crippen molar-refractivity contribution in [3.63, 3.8) is 0 Å². The van der Waals surface area contributed by atoms with Gasteiger partial charge in [0.15, 0.2) is 0 Å². The van der Waals surface area contributed by atoms with E-state index in [1.165, 1.54) is 11.8 Å². The van der Waals surface area contributed by atoms with E-state index in [0.29, 0.717) is 12.5 Å². The maximum atomic E-state index is 13.1. The van der Waals surface area contributed by atoms with Crippen molar-refractivity contribution in [2.45, 2.75) is 51.6 Å². The lowest BCUT2D eigenvalue weighted by Crippen LogP contribution is -2.44. The minimum Gasteiger partial charge on any atom is -0.343 e. The zero-order valence-corrected chi connectivity index (χ0v) is 17.2. The van der Waals surface area contributed by atoms with Gasteiger partial charge in [-0.25, -0.2) is 0 Å². The number of carbonyl (C=O) groups excluding carboxylic acids is 1. The van der Waals surface area contributed by atoms with Gasteiger partial charge in [-0.15, -0.1) is 0 Å². The fourth-order valence-corrected chi connectivity index (χ4v) is 4.66. The van der Waals surface area contributed by atoms with Gasteiger partial charge in [-0.3, -0.25) is 4.79 Å². The summed E-state index contributed by atoms with van der Waals surface area (Å²) in [4.78, 5) is 15.2. The molecule has 1 amide bonds. The Hall–Kier alpha value is -2.26. The minimum atomic E-state index is 0.261. The van der Waals surface area contributed by atoms with E-state index in [1.807, 2.05) is 18.2 Å². The summed E-state index contributed by atoms with van der Waals surface area (Å²) in [6, 6.07) is 16.7. The molecule has 4 rings (SSSR count). The fourth-order valence-electron chi connectivity index (χ4n) is 4.44. The van der Waals surface area contributed by atoms with Gasteiger partial charge in [0.05, 0.1) is 6.42 Å². The molecule has 1 fully saturated rings. The van der Waals surface area contributed by atoms with Crippen LogP contribution in [0.25, 0.3) is 10.9 Å². The fraction of sp³-hybridized carbons (Fsp3) is 0.375. The average Bonchev–Trinajstić information content (AvgIpc) is 3.05. The molecule has 0 N–H and O–H groups in total. The van der Waals surface area contributed by atoms with Crippen LogP contribution in [0.15, 0.2) is 54.7 Å². The standard InChI is InChI=1S/C24H27ClN2O/c1-2-21-10-5-6-13-27(21)24(28)15-19-17-26(23-12-4-3-11-22(19)23)16-18-8-7-9-20(25)14-18/h3-4,7-9,11-12,14,17,21H,2,5-6,10,13,15-16H2,1H3/t21-/m0/s1. The summed E-state index contributed by atoms with van der Waals surface area (Å²) in [5, 5.41) is 1.92. The summed E-state index contributed by atoms with van der Waals surface area (Å²) < 4.78 is 2.23. The molecule has 1 aromatic heterocycles. The van der Waals surface area contributed by atoms with Crippen molar-refractivity contribution in [1.82, 2.24) is 9.47 Å². The highest BCUT2D eigenvalue weighted by atomic mass is 35.5. The molecular weight excluding hydrogens is 368 g/mol. The van der Waals surface area contributed by atoms with Gasteiger partial charge in [0.25, 0.3) is 0 Å². The van der Waals surface area contributed by atoms with Gasteiger partial charge in [-0.1, -0.05) is 48.9 Å². The van der Waals surface area contributed by atoms with Gasteiger partial charge in [0.2, 0.25) is 5.91 Å². The van der Waals surface area contributed by atoms with E-state index in [-0.39, 0.29) is 5.91 Å². The third-order valence-corrected chi connectivity index (χ3v) is 6.11. The first-order valence-corrected chi connectivity index (χ1v) is 10.6. The van der Waals surface area contributed by atoms with Gasteiger partial charge in [-0.2, -0.15) is 0 Å². The van der Waals surface area contributed by atoms with Gasteiger partial charge < -0.3 is 9.47 Å². The number of aromatic nitrogens is 1. The van der Waals surface area contributed by atoms with Crippen molar-refractivity contribution >= 4 is 28.4 Å². The summed E-state index contributed by atoms with van der Waals surface area (Å²) in [6.07, 6.45) is 7.16. The Kier molecular flexibility index (Phi) is 5.72. The minimum absolute atomic E-state index is 0.261. The molecule has 146 valence electrons. The van der Waals surface area contributed by atoms with Crippen molar-refractivity contribution in [2.75, 3.05) is 6.54 Å². The molecule has 0 saturated carbocycles. The second-order valence-corrected chi connectivity index (χ2v) is 8.19. The first kappa shape index (κ1) is 19.1. The first-order valence-electron chi connectivity index (χ1n) is 10.3. The zero-order valence-electron chi connectivity index (χ0n) is 16.4. The number of halogens is 1. The molecule has 3 nitrogen and oxygen atoms in total. The molecule has 0 unspecified atom stereocenters. The van der Waals surface area contributed by atoms with Crippen LogP contribution < -0.4 is 0 Å². The molecule has 28 heavy (non-hydrogen) atoms. The van der Waals surface area contributed by atoms with Crippen molar-refractivity contribution < 1.29 is 4.79 Å². The van der Waals surface area contributed by atoms with Gasteiger partial charge in [-0.05, 0) is 55.0 Å². The molecule has 2 heterocycles. The third kappa shape index (κ3) is 3.95. The highest BCUT2D eigenvalue weighted by Crippen LogP contribution is 2.26. The Morgan fingerprint density at radius 2 is 2.00 bits per heavy atom. The number of likely N-dealkylation sites (tertiary alicyclic amines) is 1. The number of benzene rings is 2. The number of hydrogen-bond acceptors (Lipinski definition) is 1. The summed E-state index contributed by atoms with van der Waals surface area (Å²) in [5.41, 5.74) is 3.44. The number of hydrogen-bond donors (Lipinski definition) is 0. The number of para-hydroxylation sites is 1. The van der Waals surface area contributed by atoms with E-state index in [1.54, 1.807) is 0 Å². The highest BCUT2D eigenvalue weighted by molar-refractivity contribution is 6.30. The van der Waals surface area contributed by atoms with E-state index in [4.69, 9.17) is 11.6 Å². The lowest BCUT2D eigenvalue weighted by atomic mass is 9.99. The summed E-state index contributed by atoms with van der Waals surface area (Å²) in [6.45, 7) is 3.84. The Bertz CT molecular complexity index is 978. The van der Waals surface area contributed by atoms with Crippen molar-refractivity contribution in [1.29, 1.82) is 0 Å². The lowest BCUT2D eigenvalue weighted by Gasteiger charge is -2.35. The monoisotopic (exact) mass is 394 g/mol. The second-order valence-electron chi connectivity index (χ2n) is 7.75. The third-order valence-electron chi connectivity index (χ3n) is 5.87. The normalized spacial score (nSPS) is 17.2. The molecule has 0 aliphatic carbocycles. The summed E-state index contributed by atoms with van der Waals surface area (Å²) in [7, 11) is 0. The Morgan fingerprint density at radius 1 is 1.14 bits per heavy atom. The molecule has 1 atom stereocenters. The van der Waals surface area contributed by atoms with E-state index in [9.17, 15) is 4.79 Å². The topological polar surface area (TPSA) is 25.2 Å². The van der Waals surface area contributed by atoms with E-state index < -0.39 is 0 Å². The van der Waals surface area contributed by atoms with Crippen LogP contribution in [0, 0.1) is 0 Å². The number of rotatable bonds is 5. The van der Waals surface area contributed by atoms with Crippen LogP contribution in [0.3, 0.4) is 0 Å². The molecule has 3 aromatic rings. The predicted molar refractivity (Wildman–Crippen MR) is 116 cm³/mol. The second kappa shape index (κ2) is 8.40. The van der Waals surface area contributed by atoms with Crippen molar-refractivity contribution in [3.05, 3.63) is 70.9 Å². The molecule has 0 bridgehead atoms. The van der Waals surface area contributed by atoms with Gasteiger partial charge in [0.1, 0.15) is 0 Å². The van der Waals surface area contributed by atoms with Crippen LogP contribution in [0.2, 0.25) is 5.02 Å². The summed E-state index contributed by atoms with van der Waals surface area (Å²) >= 11 is 6.16. The van der Waals surface area contributed by atoms with E-state index in [0.717, 1.165) is 54.0 Å². The van der Waals surface area contributed by atoms with Crippen LogP contribution in [-0.2, 0) is 17.8 Å². The van der Waals surface area contributed by atoms with Crippen LogP contribution in [0.1, 0.15) is 43.7 Å². The van der Waals surface area contributed by atoms with E-state index >= 15 is 0 Å².